The Kier molecular flexibility index (Phi) is 14.9. The zero-order valence-corrected chi connectivity index (χ0v) is 28.9. The molecule has 36 heavy (non-hydrogen) atoms. The Morgan fingerprint density at radius 1 is 0.806 bits per heavy atom. The van der Waals surface area contributed by atoms with Crippen LogP contribution in [0.2, 0.25) is 11.1 Å². The van der Waals surface area contributed by atoms with Crippen LogP contribution < -0.4 is 24.8 Å². The molecule has 196 valence electrons. The standard InChI is InChI=1S/C21H25.C6H14Si.C5H5.2ClH.Zr/c1-20(2,3)16-7-9-18-14(12-16)11-15-13-17(21(4,5)6)8-10-19(15)18;1-5(2)7-6(3)4;1-2-4-5-3-1;;;/h7-10,12H,11H2,1-6H3;5-6H,1-4H3;1-5H;2*1H;/q-1;;-1;;;+2/p-2. The van der Waals surface area contributed by atoms with Gasteiger partial charge in [-0.15, -0.1) is 11.1 Å². The third-order valence-electron chi connectivity index (χ3n) is 6.26. The summed E-state index contributed by atoms with van der Waals surface area (Å²) in [6, 6.07) is 25.2. The maximum absolute atomic E-state index is 3.67. The van der Waals surface area contributed by atoms with Crippen molar-refractivity contribution in [3.8, 4) is 11.1 Å². The van der Waals surface area contributed by atoms with Crippen molar-refractivity contribution in [2.24, 2.45) is 0 Å². The van der Waals surface area contributed by atoms with Crippen molar-refractivity contribution in [2.75, 3.05) is 0 Å². The Morgan fingerprint density at radius 2 is 1.33 bits per heavy atom. The first-order valence-electron chi connectivity index (χ1n) is 12.7. The van der Waals surface area contributed by atoms with Crippen molar-refractivity contribution < 1.29 is 48.1 Å². The fourth-order valence-corrected chi connectivity index (χ4v) is 5.35. The predicted molar refractivity (Wildman–Crippen MR) is 149 cm³/mol. The van der Waals surface area contributed by atoms with Gasteiger partial charge in [-0.1, -0.05) is 65.3 Å². The van der Waals surface area contributed by atoms with Crippen molar-refractivity contribution in [1.29, 1.82) is 0 Å². The van der Waals surface area contributed by atoms with Crippen LogP contribution in [0.1, 0.15) is 91.5 Å². The summed E-state index contributed by atoms with van der Waals surface area (Å²) in [6.45, 7) is 23.0. The molecular formula is C32H44Cl2SiZr-2. The number of halogens is 2. The van der Waals surface area contributed by atoms with E-state index in [1.165, 1.54) is 33.4 Å². The summed E-state index contributed by atoms with van der Waals surface area (Å²) in [7, 11) is 0. The quantitative estimate of drug-likeness (QED) is 0.239. The normalized spacial score (nSPS) is 11.7. The van der Waals surface area contributed by atoms with Crippen LogP contribution in [0.5, 0.6) is 0 Å². The van der Waals surface area contributed by atoms with E-state index in [2.05, 4.69) is 106 Å². The van der Waals surface area contributed by atoms with E-state index in [0.717, 1.165) is 17.5 Å². The maximum Gasteiger partial charge on any atom is -0.172 e. The molecular weight excluding hydrogens is 575 g/mol. The molecule has 1 aliphatic carbocycles. The zero-order chi connectivity index (χ0) is 25.7. The van der Waals surface area contributed by atoms with Crippen molar-refractivity contribution >= 4 is 5.43 Å². The van der Waals surface area contributed by atoms with E-state index in [-0.39, 0.29) is 41.1 Å². The van der Waals surface area contributed by atoms with Crippen molar-refractivity contribution in [3.63, 3.8) is 0 Å². The summed E-state index contributed by atoms with van der Waals surface area (Å²) in [6.07, 6.45) is 1.03. The van der Waals surface area contributed by atoms with Gasteiger partial charge in [0.1, 0.15) is 0 Å². The van der Waals surface area contributed by atoms with Gasteiger partial charge in [-0.25, -0.2) is 12.1 Å². The van der Waals surface area contributed by atoms with Gasteiger partial charge in [-0.2, -0.15) is 42.0 Å². The van der Waals surface area contributed by atoms with Crippen LogP contribution in [0.4, 0.5) is 0 Å². The number of fused-ring (bicyclic) bond motifs is 3. The minimum Gasteiger partial charge on any atom is -1.00 e. The molecule has 4 heteroatoms. The van der Waals surface area contributed by atoms with E-state index in [1.54, 1.807) is 23.3 Å². The largest absolute Gasteiger partial charge is 1.00 e. The number of benzene rings is 2. The van der Waals surface area contributed by atoms with Gasteiger partial charge in [-0.05, 0) is 28.4 Å². The molecule has 1 aliphatic rings. The first kappa shape index (κ1) is 35.5. The number of rotatable bonds is 2. The topological polar surface area (TPSA) is 0 Å². The van der Waals surface area contributed by atoms with E-state index in [0.29, 0.717) is 0 Å². The molecule has 0 nitrogen and oxygen atoms in total. The molecule has 0 heterocycles. The summed E-state index contributed by atoms with van der Waals surface area (Å²) in [5.41, 5.74) is 10.7. The minimum absolute atomic E-state index is 0. The minimum atomic E-state index is 0. The Morgan fingerprint density at radius 3 is 1.72 bits per heavy atom. The first-order valence-corrected chi connectivity index (χ1v) is 18.0. The molecule has 0 N–H and O–H groups in total. The molecule has 0 bridgehead atoms. The van der Waals surface area contributed by atoms with E-state index in [4.69, 9.17) is 0 Å². The van der Waals surface area contributed by atoms with Crippen LogP contribution in [-0.4, -0.2) is 5.43 Å². The van der Waals surface area contributed by atoms with Crippen LogP contribution in [0.3, 0.4) is 0 Å². The summed E-state index contributed by atoms with van der Waals surface area (Å²) >= 11 is 1.80. The van der Waals surface area contributed by atoms with Gasteiger partial charge in [0.05, 0.1) is 0 Å². The monoisotopic (exact) mass is 616 g/mol. The predicted octanol–water partition coefficient (Wildman–Crippen LogP) is 3.41. The molecule has 0 atom stereocenters. The number of hydrogen-bond acceptors (Lipinski definition) is 0. The molecule has 0 fully saturated rings. The van der Waals surface area contributed by atoms with Gasteiger partial charge < -0.3 is 24.8 Å². The summed E-state index contributed by atoms with van der Waals surface area (Å²) < 4.78 is 0. The Labute approximate surface area is 249 Å². The molecule has 0 aromatic heterocycles. The fourth-order valence-electron chi connectivity index (χ4n) is 4.02. The van der Waals surface area contributed by atoms with Gasteiger partial charge in [0.25, 0.3) is 0 Å². The average molecular weight is 619 g/mol. The fraction of sp³-hybridized carbons (Fsp3) is 0.469. The van der Waals surface area contributed by atoms with Crippen molar-refractivity contribution in [2.45, 2.75) is 97.6 Å². The second kappa shape index (κ2) is 15.2. The molecule has 3 aromatic rings. The molecule has 0 spiro atoms. The first-order chi connectivity index (χ1) is 15.7. The Bertz CT molecular complexity index is 980. The van der Waals surface area contributed by atoms with E-state index >= 15 is 0 Å². The number of hydrogen-bond donors (Lipinski definition) is 0. The van der Waals surface area contributed by atoms with Crippen LogP contribution in [-0.2, 0) is 40.6 Å². The van der Waals surface area contributed by atoms with Gasteiger partial charge in [-0.3, -0.25) is 0 Å². The molecule has 0 saturated heterocycles. The summed E-state index contributed by atoms with van der Waals surface area (Å²) in [5, 5.41) is 0. The van der Waals surface area contributed by atoms with E-state index in [1.807, 2.05) is 30.3 Å². The molecule has 0 aliphatic heterocycles. The summed E-state index contributed by atoms with van der Waals surface area (Å²) in [5.74, 6) is 0. The molecule has 4 rings (SSSR count). The van der Waals surface area contributed by atoms with Gasteiger partial charge in [0, 0.05) is 0 Å². The zero-order valence-electron chi connectivity index (χ0n) is 23.9. The molecule has 0 saturated carbocycles. The third kappa shape index (κ3) is 10.3. The third-order valence-corrected chi connectivity index (χ3v) is 17.3. The Balaban J connectivity index is 0.000000681. The molecule has 0 radical (unpaired) electrons. The van der Waals surface area contributed by atoms with E-state index in [9.17, 15) is 0 Å². The smallest absolute Gasteiger partial charge is 0.172 e. The molecule has 3 aromatic carbocycles. The van der Waals surface area contributed by atoms with Crippen molar-refractivity contribution in [1.82, 2.24) is 0 Å². The van der Waals surface area contributed by atoms with Gasteiger partial charge in [0.2, 0.25) is 0 Å². The van der Waals surface area contributed by atoms with Gasteiger partial charge >= 0.3 is 67.5 Å². The second-order valence-electron chi connectivity index (χ2n) is 12.0. The average Bonchev–Trinajstić information content (AvgIpc) is 3.42. The molecule has 0 unspecified atom stereocenters. The SMILES string of the molecule is CC(C)(C)c1[c-]c2c(cc1)-c1ccc(C(C)(C)C)cc1C2.CC(C)[Si](=[Zr+2])C(C)C.[Cl-].[Cl-].c1cc[cH-]c1. The van der Waals surface area contributed by atoms with Crippen LogP contribution in [0.15, 0.2) is 60.7 Å². The summed E-state index contributed by atoms with van der Waals surface area (Å²) in [4.78, 5) is 0. The molecule has 0 amide bonds. The van der Waals surface area contributed by atoms with Crippen molar-refractivity contribution in [3.05, 3.63) is 89.0 Å². The maximum atomic E-state index is 3.67. The second-order valence-corrected chi connectivity index (χ2v) is 19.5. The van der Waals surface area contributed by atoms with Gasteiger partial charge in [0.15, 0.2) is 0 Å². The van der Waals surface area contributed by atoms with Crippen LogP contribution >= 0.6 is 0 Å². The van der Waals surface area contributed by atoms with Crippen LogP contribution in [0, 0.1) is 6.07 Å². The van der Waals surface area contributed by atoms with E-state index < -0.39 is 0 Å². The van der Waals surface area contributed by atoms with Crippen LogP contribution in [0.25, 0.3) is 11.1 Å². The Hall–Kier alpha value is -0.530.